The van der Waals surface area contributed by atoms with Crippen LogP contribution >= 0.6 is 0 Å². The number of rotatable bonds is 0. The van der Waals surface area contributed by atoms with Gasteiger partial charge in [-0.15, -0.1) is 0 Å². The van der Waals surface area contributed by atoms with Crippen molar-refractivity contribution in [2.24, 2.45) is 0 Å². The summed E-state index contributed by atoms with van der Waals surface area (Å²) in [6, 6.07) is 0. The Hall–Kier alpha value is -0.940. The van der Waals surface area contributed by atoms with Gasteiger partial charge in [-0.1, -0.05) is 11.1 Å². The van der Waals surface area contributed by atoms with E-state index < -0.39 is 23.5 Å². The Morgan fingerprint density at radius 2 is 1.00 bits per heavy atom. The second kappa shape index (κ2) is 2.80. The van der Waals surface area contributed by atoms with Crippen molar-refractivity contribution < 1.29 is 26.3 Å². The Bertz CT molecular complexity index is 329. The van der Waals surface area contributed by atoms with Gasteiger partial charge >= 0.3 is 12.4 Å². The lowest BCUT2D eigenvalue weighted by atomic mass is 9.97. The molecule has 0 atom stereocenters. The van der Waals surface area contributed by atoms with Crippen LogP contribution in [0.25, 0.3) is 0 Å². The molecule has 1 fully saturated rings. The van der Waals surface area contributed by atoms with E-state index in [9.17, 15) is 26.3 Å². The molecule has 0 radical (unpaired) electrons. The fourth-order valence-electron chi connectivity index (χ4n) is 2.20. The smallest absolute Gasteiger partial charge is 0.166 e. The summed E-state index contributed by atoms with van der Waals surface area (Å²) in [4.78, 5) is 0. The lowest BCUT2D eigenvalue weighted by Gasteiger charge is -2.20. The minimum absolute atomic E-state index is 0.107. The SMILES string of the molecule is FC(F)(F)C1=C2CCC(=C1C(F)(F)F)C2. The highest BCUT2D eigenvalue weighted by Gasteiger charge is 2.53. The van der Waals surface area contributed by atoms with Gasteiger partial charge in [0.25, 0.3) is 0 Å². The highest BCUT2D eigenvalue weighted by atomic mass is 19.4. The van der Waals surface area contributed by atoms with Crippen LogP contribution in [-0.2, 0) is 0 Å². The van der Waals surface area contributed by atoms with Crippen molar-refractivity contribution in [1.29, 1.82) is 0 Å². The molecule has 0 unspecified atom stereocenters. The van der Waals surface area contributed by atoms with E-state index in [0.29, 0.717) is 0 Å². The van der Waals surface area contributed by atoms with Gasteiger partial charge in [-0.2, -0.15) is 26.3 Å². The minimum atomic E-state index is -4.89. The average molecular weight is 228 g/mol. The molecule has 1 saturated carbocycles. The largest absolute Gasteiger partial charge is 0.416 e. The van der Waals surface area contributed by atoms with Gasteiger partial charge < -0.3 is 0 Å². The van der Waals surface area contributed by atoms with Gasteiger partial charge in [0.15, 0.2) is 0 Å². The molecule has 0 aromatic rings. The molecule has 0 nitrogen and oxygen atoms in total. The van der Waals surface area contributed by atoms with Crippen molar-refractivity contribution in [3.63, 3.8) is 0 Å². The first-order valence-corrected chi connectivity index (χ1v) is 4.30. The third-order valence-corrected chi connectivity index (χ3v) is 2.68. The predicted octanol–water partition coefficient (Wildman–Crippen LogP) is 3.90. The highest BCUT2D eigenvalue weighted by molar-refractivity contribution is 5.55. The van der Waals surface area contributed by atoms with Gasteiger partial charge in [0.1, 0.15) is 0 Å². The van der Waals surface area contributed by atoms with Crippen molar-refractivity contribution in [3.05, 3.63) is 22.3 Å². The Labute approximate surface area is 81.3 Å². The molecule has 84 valence electrons. The molecule has 2 rings (SSSR count). The van der Waals surface area contributed by atoms with Crippen LogP contribution in [0.3, 0.4) is 0 Å². The van der Waals surface area contributed by atoms with Crippen LogP contribution in [0, 0.1) is 0 Å². The van der Waals surface area contributed by atoms with Crippen LogP contribution in [0.1, 0.15) is 19.3 Å². The van der Waals surface area contributed by atoms with Gasteiger partial charge in [-0.3, -0.25) is 0 Å². The van der Waals surface area contributed by atoms with Crippen molar-refractivity contribution in [3.8, 4) is 0 Å². The second-order valence-corrected chi connectivity index (χ2v) is 3.63. The summed E-state index contributed by atoms with van der Waals surface area (Å²) in [5.41, 5.74) is -3.08. The Balaban J connectivity index is 2.52. The van der Waals surface area contributed by atoms with Crippen LogP contribution in [0.2, 0.25) is 0 Å². The molecule has 15 heavy (non-hydrogen) atoms. The zero-order chi connectivity index (χ0) is 11.4. The summed E-state index contributed by atoms with van der Waals surface area (Å²) in [5.74, 6) is 0. The van der Waals surface area contributed by atoms with Crippen LogP contribution in [0.15, 0.2) is 22.3 Å². The number of alkyl halides is 6. The monoisotopic (exact) mass is 228 g/mol. The average Bonchev–Trinajstić information content (AvgIpc) is 2.56. The second-order valence-electron chi connectivity index (χ2n) is 3.63. The number of allylic oxidation sites excluding steroid dienone is 4. The van der Waals surface area contributed by atoms with Crippen LogP contribution in [0.4, 0.5) is 26.3 Å². The first-order chi connectivity index (χ1) is 6.71. The van der Waals surface area contributed by atoms with Crippen LogP contribution in [-0.4, -0.2) is 12.4 Å². The summed E-state index contributed by atoms with van der Waals surface area (Å²) in [5, 5.41) is 0. The molecule has 0 spiro atoms. The van der Waals surface area contributed by atoms with Crippen LogP contribution in [0.5, 0.6) is 0 Å². The maximum atomic E-state index is 12.4. The normalized spacial score (nSPS) is 22.0. The van der Waals surface area contributed by atoms with Crippen molar-refractivity contribution in [2.75, 3.05) is 0 Å². The number of fused-ring (bicyclic) bond motifs is 2. The maximum Gasteiger partial charge on any atom is 0.416 e. The molecule has 0 aromatic carbocycles. The maximum absolute atomic E-state index is 12.4. The quantitative estimate of drug-likeness (QED) is 0.551. The zero-order valence-electron chi connectivity index (χ0n) is 7.39. The first-order valence-electron chi connectivity index (χ1n) is 4.30. The first kappa shape index (κ1) is 10.6. The third-order valence-electron chi connectivity index (χ3n) is 2.68. The number of halogens is 6. The zero-order valence-corrected chi connectivity index (χ0v) is 7.39. The Kier molecular flexibility index (Phi) is 1.97. The Morgan fingerprint density at radius 3 is 1.27 bits per heavy atom. The molecule has 0 saturated heterocycles. The lowest BCUT2D eigenvalue weighted by Crippen LogP contribution is -2.24. The summed E-state index contributed by atoms with van der Waals surface area (Å²) in [6.45, 7) is 0. The fourth-order valence-corrected chi connectivity index (χ4v) is 2.20. The van der Waals surface area contributed by atoms with Gasteiger partial charge in [0.05, 0.1) is 11.1 Å². The molecule has 2 bridgehead atoms. The molecule has 0 aliphatic heterocycles. The summed E-state index contributed by atoms with van der Waals surface area (Å²) < 4.78 is 74.4. The number of hydrogen-bond acceptors (Lipinski definition) is 0. The standard InChI is InChI=1S/C9H6F6/c10-8(11,12)6-4-1-2-5(3-4)7(6)9(13,14)15/h1-3H2. The van der Waals surface area contributed by atoms with E-state index in [2.05, 4.69) is 0 Å². The van der Waals surface area contributed by atoms with E-state index in [1.807, 2.05) is 0 Å². The van der Waals surface area contributed by atoms with E-state index in [1.165, 1.54) is 0 Å². The number of hydrogen-bond donors (Lipinski definition) is 0. The molecule has 0 amide bonds. The topological polar surface area (TPSA) is 0 Å². The predicted molar refractivity (Wildman–Crippen MR) is 40.0 cm³/mol. The van der Waals surface area contributed by atoms with E-state index in [4.69, 9.17) is 0 Å². The summed E-state index contributed by atoms with van der Waals surface area (Å²) >= 11 is 0. The van der Waals surface area contributed by atoms with Gasteiger partial charge in [0.2, 0.25) is 0 Å². The minimum Gasteiger partial charge on any atom is -0.166 e. The highest BCUT2D eigenvalue weighted by Crippen LogP contribution is 2.54. The van der Waals surface area contributed by atoms with E-state index in [1.54, 1.807) is 0 Å². The summed E-state index contributed by atoms with van der Waals surface area (Å²) in [6.07, 6.45) is -9.69. The molecule has 0 aromatic heterocycles. The molecule has 0 heterocycles. The van der Waals surface area contributed by atoms with E-state index in [0.717, 1.165) is 0 Å². The third kappa shape index (κ3) is 1.55. The van der Waals surface area contributed by atoms with Crippen LogP contribution < -0.4 is 0 Å². The fraction of sp³-hybridized carbons (Fsp3) is 0.556. The molecule has 2 aliphatic carbocycles. The molecular formula is C9H6F6. The molecule has 6 heteroatoms. The van der Waals surface area contributed by atoms with Crippen molar-refractivity contribution in [1.82, 2.24) is 0 Å². The van der Waals surface area contributed by atoms with Gasteiger partial charge in [0, 0.05) is 0 Å². The molecule has 0 N–H and O–H groups in total. The van der Waals surface area contributed by atoms with E-state index >= 15 is 0 Å². The van der Waals surface area contributed by atoms with Gasteiger partial charge in [-0.25, -0.2) is 0 Å². The molecular weight excluding hydrogens is 222 g/mol. The molecule has 2 aliphatic rings. The van der Waals surface area contributed by atoms with E-state index in [-0.39, 0.29) is 30.4 Å². The summed E-state index contributed by atoms with van der Waals surface area (Å²) in [7, 11) is 0. The van der Waals surface area contributed by atoms with Gasteiger partial charge in [-0.05, 0) is 19.3 Å². The lowest BCUT2D eigenvalue weighted by molar-refractivity contribution is -0.118. The van der Waals surface area contributed by atoms with Crippen molar-refractivity contribution in [2.45, 2.75) is 31.6 Å². The van der Waals surface area contributed by atoms with Crippen molar-refractivity contribution >= 4 is 0 Å². The Morgan fingerprint density at radius 1 is 0.667 bits per heavy atom.